The van der Waals surface area contributed by atoms with Crippen LogP contribution in [0.1, 0.15) is 6.92 Å². The van der Waals surface area contributed by atoms with E-state index >= 15 is 0 Å². The van der Waals surface area contributed by atoms with E-state index in [1.165, 1.54) is 37.3 Å². The van der Waals surface area contributed by atoms with Gasteiger partial charge in [0.1, 0.15) is 37.4 Å². The van der Waals surface area contributed by atoms with Gasteiger partial charge in [-0.15, -0.1) is 0 Å². The first kappa shape index (κ1) is 21.7. The number of ether oxygens (including phenoxy) is 3. The molecule has 1 amide bonds. The first-order chi connectivity index (χ1) is 14.3. The van der Waals surface area contributed by atoms with E-state index in [0.717, 1.165) is 10.6 Å². The van der Waals surface area contributed by atoms with Crippen LogP contribution in [-0.2, 0) is 14.8 Å². The summed E-state index contributed by atoms with van der Waals surface area (Å²) in [6.07, 6.45) is 1.03. The van der Waals surface area contributed by atoms with Crippen LogP contribution in [0.3, 0.4) is 0 Å². The molecule has 162 valence electrons. The summed E-state index contributed by atoms with van der Waals surface area (Å²) in [6.45, 7) is 2.57. The van der Waals surface area contributed by atoms with Gasteiger partial charge in [-0.1, -0.05) is 0 Å². The van der Waals surface area contributed by atoms with E-state index in [1.807, 2.05) is 0 Å². The second-order valence-corrected chi connectivity index (χ2v) is 8.52. The molecule has 8 nitrogen and oxygen atoms in total. The number of carbonyl (C=O) groups is 1. The Kier molecular flexibility index (Phi) is 6.66. The molecule has 2 aromatic carbocycles. The molecule has 1 heterocycles. The van der Waals surface area contributed by atoms with Crippen LogP contribution in [0.5, 0.6) is 17.2 Å². The fourth-order valence-electron chi connectivity index (χ4n) is 3.00. The van der Waals surface area contributed by atoms with Crippen molar-refractivity contribution in [2.24, 2.45) is 0 Å². The molecule has 0 radical (unpaired) electrons. The smallest absolute Gasteiger partial charge is 0.243 e. The molecular weight excluding hydrogens is 415 g/mol. The van der Waals surface area contributed by atoms with E-state index in [4.69, 9.17) is 14.2 Å². The topological polar surface area (TPSA) is 94.2 Å². The second-order valence-electron chi connectivity index (χ2n) is 6.66. The van der Waals surface area contributed by atoms with E-state index in [9.17, 15) is 17.6 Å². The van der Waals surface area contributed by atoms with Crippen molar-refractivity contribution in [1.82, 2.24) is 5.32 Å². The zero-order valence-electron chi connectivity index (χ0n) is 16.6. The fraction of sp³-hybridized carbons (Fsp3) is 0.350. The van der Waals surface area contributed by atoms with Crippen molar-refractivity contribution in [2.45, 2.75) is 13.0 Å². The number of halogens is 1. The predicted octanol–water partition coefficient (Wildman–Crippen LogP) is 1.95. The lowest BCUT2D eigenvalue weighted by Gasteiger charge is -2.29. The van der Waals surface area contributed by atoms with E-state index in [2.05, 4.69) is 5.32 Å². The summed E-state index contributed by atoms with van der Waals surface area (Å²) in [6, 6.07) is 9.21. The Hall–Kier alpha value is -3.01. The van der Waals surface area contributed by atoms with Crippen molar-refractivity contribution < 1.29 is 31.8 Å². The monoisotopic (exact) mass is 438 g/mol. The van der Waals surface area contributed by atoms with Gasteiger partial charge in [0.2, 0.25) is 15.9 Å². The highest BCUT2D eigenvalue weighted by atomic mass is 32.2. The number of hydrogen-bond acceptors (Lipinski definition) is 6. The number of carbonyl (C=O) groups excluding carboxylic acids is 1. The minimum Gasteiger partial charge on any atom is -0.492 e. The van der Waals surface area contributed by atoms with Crippen LogP contribution in [0.25, 0.3) is 0 Å². The van der Waals surface area contributed by atoms with E-state index in [-0.39, 0.29) is 19.0 Å². The van der Waals surface area contributed by atoms with E-state index in [1.54, 1.807) is 12.1 Å². The minimum atomic E-state index is -3.76. The molecule has 1 atom stereocenters. The summed E-state index contributed by atoms with van der Waals surface area (Å²) in [4.78, 5) is 12.6. The normalized spacial score (nSPS) is 14.0. The largest absolute Gasteiger partial charge is 0.492 e. The first-order valence-corrected chi connectivity index (χ1v) is 11.2. The lowest BCUT2D eigenvalue weighted by molar-refractivity contribution is -0.121. The van der Waals surface area contributed by atoms with Crippen molar-refractivity contribution in [3.8, 4) is 17.2 Å². The molecule has 0 saturated heterocycles. The van der Waals surface area contributed by atoms with Gasteiger partial charge in [0, 0.05) is 6.07 Å². The van der Waals surface area contributed by atoms with Gasteiger partial charge in [0.05, 0.1) is 18.5 Å². The highest BCUT2D eigenvalue weighted by Crippen LogP contribution is 2.35. The third kappa shape index (κ3) is 5.32. The Morgan fingerprint density at radius 2 is 1.83 bits per heavy atom. The van der Waals surface area contributed by atoms with Crippen molar-refractivity contribution in [3.63, 3.8) is 0 Å². The number of benzene rings is 2. The molecule has 1 aliphatic rings. The third-order valence-electron chi connectivity index (χ3n) is 4.35. The van der Waals surface area contributed by atoms with Crippen LogP contribution in [0, 0.1) is 5.82 Å². The molecule has 0 aromatic heterocycles. The standard InChI is InChI=1S/C20H23FN2O6S/c1-14(20(24)22-9-10-27-17-6-3-15(21)4-7-17)23(30(2,25)26)16-5-8-18-19(13-16)29-12-11-28-18/h3-8,13-14H,9-12H2,1-2H3,(H,22,24)/t14-/m1/s1. The number of amides is 1. The maximum atomic E-state index is 12.9. The van der Waals surface area contributed by atoms with E-state index in [0.29, 0.717) is 36.1 Å². The quantitative estimate of drug-likeness (QED) is 0.633. The van der Waals surface area contributed by atoms with Gasteiger partial charge in [-0.2, -0.15) is 0 Å². The van der Waals surface area contributed by atoms with Crippen LogP contribution >= 0.6 is 0 Å². The summed E-state index contributed by atoms with van der Waals surface area (Å²) in [5.41, 5.74) is 0.298. The van der Waals surface area contributed by atoms with Gasteiger partial charge >= 0.3 is 0 Å². The summed E-state index contributed by atoms with van der Waals surface area (Å²) in [5, 5.41) is 2.65. The first-order valence-electron chi connectivity index (χ1n) is 9.31. The molecule has 2 aromatic rings. The molecule has 0 aliphatic carbocycles. The van der Waals surface area contributed by atoms with Crippen LogP contribution < -0.4 is 23.8 Å². The molecule has 10 heteroatoms. The molecule has 0 spiro atoms. The summed E-state index contributed by atoms with van der Waals surface area (Å²) < 4.78 is 55.1. The molecule has 3 rings (SSSR count). The van der Waals surface area contributed by atoms with Crippen LogP contribution in [0.2, 0.25) is 0 Å². The van der Waals surface area contributed by atoms with Crippen molar-refractivity contribution >= 4 is 21.6 Å². The maximum absolute atomic E-state index is 12.9. The zero-order valence-corrected chi connectivity index (χ0v) is 17.4. The van der Waals surface area contributed by atoms with Gasteiger partial charge < -0.3 is 19.5 Å². The highest BCUT2D eigenvalue weighted by Gasteiger charge is 2.30. The summed E-state index contributed by atoms with van der Waals surface area (Å²) in [5.74, 6) is 0.552. The van der Waals surface area contributed by atoms with E-state index < -0.39 is 22.0 Å². The molecule has 0 saturated carbocycles. The summed E-state index contributed by atoms with van der Waals surface area (Å²) >= 11 is 0. The number of hydrogen-bond donors (Lipinski definition) is 1. The molecule has 1 aliphatic heterocycles. The Balaban J connectivity index is 1.64. The summed E-state index contributed by atoms with van der Waals surface area (Å²) in [7, 11) is -3.76. The molecular formula is C20H23FN2O6S. The Morgan fingerprint density at radius 1 is 1.17 bits per heavy atom. The van der Waals surface area contributed by atoms with Gasteiger partial charge in [-0.3, -0.25) is 9.10 Å². The average molecular weight is 438 g/mol. The molecule has 1 N–H and O–H groups in total. The minimum absolute atomic E-state index is 0.146. The van der Waals surface area contributed by atoms with Gasteiger partial charge in [0.15, 0.2) is 11.5 Å². The van der Waals surface area contributed by atoms with Crippen LogP contribution in [0.4, 0.5) is 10.1 Å². The fourth-order valence-corrected chi connectivity index (χ4v) is 4.17. The lowest BCUT2D eigenvalue weighted by atomic mass is 10.2. The number of rotatable bonds is 8. The Morgan fingerprint density at radius 3 is 2.50 bits per heavy atom. The molecule has 0 unspecified atom stereocenters. The number of nitrogens with zero attached hydrogens (tertiary/aromatic N) is 1. The SMILES string of the molecule is C[C@H](C(=O)NCCOc1ccc(F)cc1)N(c1ccc2c(c1)OCCO2)S(C)(=O)=O. The van der Waals surface area contributed by atoms with Gasteiger partial charge in [-0.05, 0) is 43.3 Å². The molecule has 0 bridgehead atoms. The predicted molar refractivity (Wildman–Crippen MR) is 109 cm³/mol. The zero-order chi connectivity index (χ0) is 21.7. The van der Waals surface area contributed by atoms with Crippen molar-refractivity contribution in [2.75, 3.05) is 36.9 Å². The highest BCUT2D eigenvalue weighted by molar-refractivity contribution is 7.92. The molecule has 0 fully saturated rings. The maximum Gasteiger partial charge on any atom is 0.243 e. The van der Waals surface area contributed by atoms with Crippen LogP contribution in [-0.4, -0.2) is 53.0 Å². The lowest BCUT2D eigenvalue weighted by Crippen LogP contribution is -2.48. The Labute approximate surface area is 174 Å². The van der Waals surface area contributed by atoms with Gasteiger partial charge in [0.25, 0.3) is 0 Å². The number of anilines is 1. The third-order valence-corrected chi connectivity index (χ3v) is 5.59. The Bertz CT molecular complexity index is 997. The van der Waals surface area contributed by atoms with Gasteiger partial charge in [-0.25, -0.2) is 12.8 Å². The molecule has 30 heavy (non-hydrogen) atoms. The average Bonchev–Trinajstić information content (AvgIpc) is 2.71. The number of sulfonamides is 1. The van der Waals surface area contributed by atoms with Crippen molar-refractivity contribution in [3.05, 3.63) is 48.3 Å². The van der Waals surface area contributed by atoms with Crippen molar-refractivity contribution in [1.29, 1.82) is 0 Å². The second kappa shape index (κ2) is 9.21. The number of nitrogens with one attached hydrogen (secondary N) is 1. The number of fused-ring (bicyclic) bond motifs is 1. The van der Waals surface area contributed by atoms with Crippen LogP contribution in [0.15, 0.2) is 42.5 Å².